The number of halogens is 1. The molecule has 0 aliphatic heterocycles. The summed E-state index contributed by atoms with van der Waals surface area (Å²) in [6.45, 7) is 0. The Morgan fingerprint density at radius 2 is 1.89 bits per heavy atom. The first kappa shape index (κ1) is 13.6. The molecule has 1 fully saturated rings. The highest BCUT2D eigenvalue weighted by atomic mass is 79.9. The summed E-state index contributed by atoms with van der Waals surface area (Å²) >= 11 is 3.44. The first-order valence-electron chi connectivity index (χ1n) is 5.72. The Labute approximate surface area is 115 Å². The summed E-state index contributed by atoms with van der Waals surface area (Å²) < 4.78 is 16.5. The van der Waals surface area contributed by atoms with Crippen molar-refractivity contribution in [2.45, 2.75) is 24.5 Å². The van der Waals surface area contributed by atoms with Crippen LogP contribution in [0.4, 0.5) is 0 Å². The second-order valence-corrected chi connectivity index (χ2v) is 5.25. The molecular weight excluding hydrogens is 300 g/mol. The van der Waals surface area contributed by atoms with Gasteiger partial charge >= 0.3 is 0 Å². The summed E-state index contributed by atoms with van der Waals surface area (Å²) in [6.07, 6.45) is 1.28. The first-order valence-corrected chi connectivity index (χ1v) is 6.51. The molecule has 0 aromatic heterocycles. The van der Waals surface area contributed by atoms with Crippen molar-refractivity contribution in [3.05, 3.63) is 22.2 Å². The third-order valence-electron chi connectivity index (χ3n) is 3.45. The molecule has 0 saturated heterocycles. The van der Waals surface area contributed by atoms with Crippen LogP contribution < -0.4 is 9.47 Å². The maximum Gasteiger partial charge on any atom is 0.142 e. The fourth-order valence-electron chi connectivity index (χ4n) is 2.34. The van der Waals surface area contributed by atoms with Gasteiger partial charge in [0.2, 0.25) is 0 Å². The summed E-state index contributed by atoms with van der Waals surface area (Å²) in [5.41, 5.74) is -0.105. The van der Waals surface area contributed by atoms with Crippen molar-refractivity contribution in [1.82, 2.24) is 0 Å². The van der Waals surface area contributed by atoms with Crippen LogP contribution in [0.5, 0.6) is 11.5 Å². The second-order valence-electron chi connectivity index (χ2n) is 4.46. The molecule has 0 amide bonds. The third kappa shape index (κ3) is 2.11. The van der Waals surface area contributed by atoms with Gasteiger partial charge in [-0.2, -0.15) is 0 Å². The van der Waals surface area contributed by atoms with Gasteiger partial charge in [-0.1, -0.05) is 0 Å². The van der Waals surface area contributed by atoms with Crippen LogP contribution >= 0.6 is 15.9 Å². The van der Waals surface area contributed by atoms with E-state index in [4.69, 9.17) is 14.2 Å². The highest BCUT2D eigenvalue weighted by Crippen LogP contribution is 2.49. The van der Waals surface area contributed by atoms with E-state index in [1.165, 1.54) is 0 Å². The van der Waals surface area contributed by atoms with Gasteiger partial charge in [0, 0.05) is 25.5 Å². The zero-order chi connectivity index (χ0) is 13.3. The molecule has 0 bridgehead atoms. The van der Waals surface area contributed by atoms with Crippen LogP contribution in [0.1, 0.15) is 18.4 Å². The van der Waals surface area contributed by atoms with Gasteiger partial charge in [-0.05, 0) is 28.1 Å². The molecule has 1 aliphatic carbocycles. The number of methoxy groups -OCH3 is 3. The number of hydrogen-bond acceptors (Lipinski definition) is 4. The molecule has 1 aromatic rings. The second kappa shape index (κ2) is 5.07. The van der Waals surface area contributed by atoms with E-state index in [0.29, 0.717) is 24.3 Å². The average Bonchev–Trinajstić information content (AvgIpc) is 2.34. The predicted octanol–water partition coefficient (Wildman–Crippen LogP) is 2.46. The minimum Gasteiger partial charge on any atom is -0.495 e. The molecule has 18 heavy (non-hydrogen) atoms. The van der Waals surface area contributed by atoms with Crippen LogP contribution in [0.15, 0.2) is 16.6 Å². The van der Waals surface area contributed by atoms with E-state index in [1.807, 2.05) is 12.1 Å². The summed E-state index contributed by atoms with van der Waals surface area (Å²) in [4.78, 5) is 0. The number of rotatable bonds is 4. The SMILES string of the molecule is COc1ccc(C2(O)CC(OC)C2)c(OC)c1Br. The van der Waals surface area contributed by atoms with Gasteiger partial charge in [0.05, 0.1) is 25.9 Å². The Balaban J connectivity index is 2.37. The molecule has 0 heterocycles. The molecule has 1 aromatic carbocycles. The zero-order valence-corrected chi connectivity index (χ0v) is 12.3. The Morgan fingerprint density at radius 3 is 2.39 bits per heavy atom. The van der Waals surface area contributed by atoms with Crippen LogP contribution in [-0.4, -0.2) is 32.5 Å². The molecule has 0 spiro atoms. The number of ether oxygens (including phenoxy) is 3. The van der Waals surface area contributed by atoms with E-state index in [1.54, 1.807) is 21.3 Å². The highest BCUT2D eigenvalue weighted by Gasteiger charge is 2.46. The highest BCUT2D eigenvalue weighted by molar-refractivity contribution is 9.10. The smallest absolute Gasteiger partial charge is 0.142 e. The van der Waals surface area contributed by atoms with E-state index < -0.39 is 5.60 Å². The lowest BCUT2D eigenvalue weighted by molar-refractivity contribution is -0.133. The molecule has 1 saturated carbocycles. The molecule has 1 aliphatic rings. The summed E-state index contributed by atoms with van der Waals surface area (Å²) in [6, 6.07) is 3.66. The largest absolute Gasteiger partial charge is 0.495 e. The topological polar surface area (TPSA) is 47.9 Å². The molecule has 4 nitrogen and oxygen atoms in total. The maximum atomic E-state index is 10.6. The van der Waals surface area contributed by atoms with Gasteiger partial charge in [0.15, 0.2) is 0 Å². The zero-order valence-electron chi connectivity index (χ0n) is 10.7. The van der Waals surface area contributed by atoms with Crippen molar-refractivity contribution in [3.63, 3.8) is 0 Å². The lowest BCUT2D eigenvalue weighted by Gasteiger charge is -2.43. The first-order chi connectivity index (χ1) is 8.55. The van der Waals surface area contributed by atoms with Crippen molar-refractivity contribution < 1.29 is 19.3 Å². The van der Waals surface area contributed by atoms with Gasteiger partial charge < -0.3 is 19.3 Å². The van der Waals surface area contributed by atoms with Gasteiger partial charge in [-0.25, -0.2) is 0 Å². The van der Waals surface area contributed by atoms with E-state index in [0.717, 1.165) is 10.0 Å². The van der Waals surface area contributed by atoms with Crippen LogP contribution in [0, 0.1) is 0 Å². The van der Waals surface area contributed by atoms with Crippen LogP contribution in [-0.2, 0) is 10.3 Å². The minimum atomic E-state index is -0.874. The van der Waals surface area contributed by atoms with E-state index in [9.17, 15) is 5.11 Å². The van der Waals surface area contributed by atoms with Crippen molar-refractivity contribution in [1.29, 1.82) is 0 Å². The van der Waals surface area contributed by atoms with E-state index in [2.05, 4.69) is 15.9 Å². The van der Waals surface area contributed by atoms with Crippen molar-refractivity contribution in [3.8, 4) is 11.5 Å². The molecule has 0 radical (unpaired) electrons. The number of benzene rings is 1. The Kier molecular flexibility index (Phi) is 3.84. The third-order valence-corrected chi connectivity index (χ3v) is 4.20. The van der Waals surface area contributed by atoms with Crippen LogP contribution in [0.2, 0.25) is 0 Å². The summed E-state index contributed by atoms with van der Waals surface area (Å²) in [7, 11) is 4.84. The number of hydrogen-bond donors (Lipinski definition) is 1. The fraction of sp³-hybridized carbons (Fsp3) is 0.538. The Hall–Kier alpha value is -0.780. The molecule has 2 rings (SSSR count). The summed E-state index contributed by atoms with van der Waals surface area (Å²) in [5, 5.41) is 10.6. The van der Waals surface area contributed by atoms with Crippen molar-refractivity contribution in [2.24, 2.45) is 0 Å². The standard InChI is InChI=1S/C13H17BrO4/c1-16-8-6-13(15,7-8)9-4-5-10(17-2)11(14)12(9)18-3/h4-5,8,15H,6-7H2,1-3H3. The lowest BCUT2D eigenvalue weighted by Crippen LogP contribution is -2.45. The minimum absolute atomic E-state index is 0.112. The van der Waals surface area contributed by atoms with Gasteiger partial charge in [0.1, 0.15) is 16.0 Å². The van der Waals surface area contributed by atoms with Crippen molar-refractivity contribution >= 4 is 15.9 Å². The molecule has 0 atom stereocenters. The van der Waals surface area contributed by atoms with Gasteiger partial charge in [0.25, 0.3) is 0 Å². The normalized spacial score (nSPS) is 26.6. The van der Waals surface area contributed by atoms with Crippen LogP contribution in [0.25, 0.3) is 0 Å². The van der Waals surface area contributed by atoms with Gasteiger partial charge in [-0.3, -0.25) is 0 Å². The Bertz CT molecular complexity index is 441. The average molecular weight is 317 g/mol. The lowest BCUT2D eigenvalue weighted by atomic mass is 9.72. The van der Waals surface area contributed by atoms with Gasteiger partial charge in [-0.15, -0.1) is 0 Å². The molecule has 5 heteroatoms. The number of aliphatic hydroxyl groups is 1. The molecule has 0 unspecified atom stereocenters. The van der Waals surface area contributed by atoms with E-state index in [-0.39, 0.29) is 6.10 Å². The fourth-order valence-corrected chi connectivity index (χ4v) is 3.01. The molecule has 1 N–H and O–H groups in total. The van der Waals surface area contributed by atoms with E-state index >= 15 is 0 Å². The molecule has 100 valence electrons. The maximum absolute atomic E-state index is 10.6. The Morgan fingerprint density at radius 1 is 1.22 bits per heavy atom. The van der Waals surface area contributed by atoms with Crippen LogP contribution in [0.3, 0.4) is 0 Å². The monoisotopic (exact) mass is 316 g/mol. The molecular formula is C13H17BrO4. The quantitative estimate of drug-likeness (QED) is 0.927. The van der Waals surface area contributed by atoms with Crippen molar-refractivity contribution in [2.75, 3.05) is 21.3 Å². The predicted molar refractivity (Wildman–Crippen MR) is 71.2 cm³/mol. The summed E-state index contributed by atoms with van der Waals surface area (Å²) in [5.74, 6) is 1.30.